The van der Waals surface area contributed by atoms with Crippen LogP contribution in [0.3, 0.4) is 0 Å². The van der Waals surface area contributed by atoms with Crippen molar-refractivity contribution < 1.29 is 54.2 Å². The molecule has 3 atom stereocenters. The molecule has 47 heavy (non-hydrogen) atoms. The van der Waals surface area contributed by atoms with E-state index in [0.29, 0.717) is 5.56 Å². The number of esters is 1. The Labute approximate surface area is 267 Å². The monoisotopic (exact) mass is 638 g/mol. The predicted molar refractivity (Wildman–Crippen MR) is 168 cm³/mol. The van der Waals surface area contributed by atoms with Crippen LogP contribution in [0.4, 0.5) is 0 Å². The SMILES string of the molecule is CC(=O)OC(C)[C@H]1c2cc3ccc(-c4ccc5c(c4O)C(=O)c4c(O)cc(C)c(C(C)=O)c4C5=O)c(O)c3c(O)c2C(=O)C[C@@]1(C)O. The number of ketones is 4. The van der Waals surface area contributed by atoms with Gasteiger partial charge in [0.25, 0.3) is 0 Å². The largest absolute Gasteiger partial charge is 0.507 e. The molecule has 0 radical (unpaired) electrons. The highest BCUT2D eigenvalue weighted by molar-refractivity contribution is 6.33. The van der Waals surface area contributed by atoms with Crippen LogP contribution in [0.5, 0.6) is 23.0 Å². The van der Waals surface area contributed by atoms with E-state index in [4.69, 9.17) is 4.74 Å². The second-order valence-corrected chi connectivity index (χ2v) is 12.4. The van der Waals surface area contributed by atoms with Gasteiger partial charge in [0.1, 0.15) is 29.1 Å². The number of fused-ring (bicyclic) bond motifs is 4. The van der Waals surface area contributed by atoms with Gasteiger partial charge >= 0.3 is 5.97 Å². The van der Waals surface area contributed by atoms with Gasteiger partial charge in [-0.3, -0.25) is 24.0 Å². The Morgan fingerprint density at radius 3 is 2.09 bits per heavy atom. The molecule has 4 aromatic carbocycles. The second kappa shape index (κ2) is 10.5. The summed E-state index contributed by atoms with van der Waals surface area (Å²) in [5.74, 6) is -6.63. The van der Waals surface area contributed by atoms with Crippen LogP contribution >= 0.6 is 0 Å². The molecule has 0 aliphatic heterocycles. The van der Waals surface area contributed by atoms with E-state index in [2.05, 4.69) is 0 Å². The summed E-state index contributed by atoms with van der Waals surface area (Å²) in [4.78, 5) is 64.8. The lowest BCUT2D eigenvalue weighted by Crippen LogP contribution is -2.45. The van der Waals surface area contributed by atoms with Crippen molar-refractivity contribution >= 4 is 39.9 Å². The summed E-state index contributed by atoms with van der Waals surface area (Å²) in [5.41, 5.74) is -2.78. The number of carbonyl (C=O) groups excluding carboxylic acids is 5. The van der Waals surface area contributed by atoms with Gasteiger partial charge in [-0.25, -0.2) is 0 Å². The molecule has 0 saturated heterocycles. The molecule has 0 saturated carbocycles. The number of phenols is 4. The van der Waals surface area contributed by atoms with Crippen molar-refractivity contribution in [3.05, 3.63) is 80.9 Å². The minimum absolute atomic E-state index is 0.0168. The lowest BCUT2D eigenvalue weighted by molar-refractivity contribution is -0.149. The van der Waals surface area contributed by atoms with Crippen LogP contribution in [-0.4, -0.2) is 66.3 Å². The Morgan fingerprint density at radius 1 is 0.830 bits per heavy atom. The zero-order valence-electron chi connectivity index (χ0n) is 26.0. The molecule has 11 nitrogen and oxygen atoms in total. The summed E-state index contributed by atoms with van der Waals surface area (Å²) in [5, 5.41) is 56.4. The highest BCUT2D eigenvalue weighted by Gasteiger charge is 2.47. The van der Waals surface area contributed by atoms with Gasteiger partial charge in [0, 0.05) is 41.2 Å². The Balaban J connectivity index is 1.55. The van der Waals surface area contributed by atoms with E-state index in [1.807, 2.05) is 0 Å². The number of aryl methyl sites for hydroxylation is 1. The van der Waals surface area contributed by atoms with Crippen LogP contribution in [0, 0.1) is 6.92 Å². The topological polar surface area (TPSA) is 196 Å². The number of carbonyl (C=O) groups is 5. The first-order valence-electron chi connectivity index (χ1n) is 14.7. The van der Waals surface area contributed by atoms with E-state index < -0.39 is 87.3 Å². The van der Waals surface area contributed by atoms with Crippen molar-refractivity contribution in [3.8, 4) is 34.1 Å². The first-order valence-corrected chi connectivity index (χ1v) is 14.7. The average Bonchev–Trinajstić information content (AvgIpc) is 2.94. The van der Waals surface area contributed by atoms with Crippen LogP contribution in [-0.2, 0) is 9.53 Å². The fourth-order valence-corrected chi connectivity index (χ4v) is 7.38. The third kappa shape index (κ3) is 4.49. The van der Waals surface area contributed by atoms with E-state index in [1.165, 1.54) is 64.1 Å². The van der Waals surface area contributed by atoms with E-state index in [-0.39, 0.29) is 49.7 Å². The molecule has 2 aliphatic rings. The molecular weight excluding hydrogens is 608 g/mol. The first kappa shape index (κ1) is 31.4. The maximum Gasteiger partial charge on any atom is 0.302 e. The van der Waals surface area contributed by atoms with Crippen LogP contribution in [0.2, 0.25) is 0 Å². The van der Waals surface area contributed by atoms with Gasteiger partial charge in [-0.05, 0) is 74.5 Å². The van der Waals surface area contributed by atoms with Crippen molar-refractivity contribution in [1.29, 1.82) is 0 Å². The van der Waals surface area contributed by atoms with E-state index in [1.54, 1.807) is 6.92 Å². The maximum atomic E-state index is 13.7. The number of Topliss-reactive ketones (excluding diaryl/α,β-unsaturated/α-hetero) is 2. The molecule has 0 heterocycles. The number of hydrogen-bond donors (Lipinski definition) is 5. The van der Waals surface area contributed by atoms with Crippen LogP contribution < -0.4 is 0 Å². The normalized spacial score (nSPS) is 19.2. The Kier molecular flexibility index (Phi) is 7.02. The van der Waals surface area contributed by atoms with Crippen molar-refractivity contribution in [3.63, 3.8) is 0 Å². The Bertz CT molecular complexity index is 2160. The van der Waals surface area contributed by atoms with Crippen LogP contribution in [0.25, 0.3) is 21.9 Å². The quantitative estimate of drug-likeness (QED) is 0.131. The van der Waals surface area contributed by atoms with Gasteiger partial charge in [0.05, 0.1) is 33.6 Å². The average molecular weight is 639 g/mol. The number of aromatic hydroxyl groups is 4. The first-order chi connectivity index (χ1) is 22.0. The summed E-state index contributed by atoms with van der Waals surface area (Å²) in [7, 11) is 0. The fourth-order valence-electron chi connectivity index (χ4n) is 7.38. The van der Waals surface area contributed by atoms with E-state index in [0.717, 1.165) is 0 Å². The number of rotatable bonds is 4. The molecule has 0 amide bonds. The maximum absolute atomic E-state index is 13.7. The highest BCUT2D eigenvalue weighted by atomic mass is 16.5. The summed E-state index contributed by atoms with van der Waals surface area (Å²) < 4.78 is 5.35. The highest BCUT2D eigenvalue weighted by Crippen LogP contribution is 2.52. The molecule has 240 valence electrons. The molecule has 0 aromatic heterocycles. The van der Waals surface area contributed by atoms with Gasteiger partial charge in [0.2, 0.25) is 5.78 Å². The molecule has 4 aromatic rings. The zero-order valence-corrected chi connectivity index (χ0v) is 26.0. The van der Waals surface area contributed by atoms with Crippen LogP contribution in [0.15, 0.2) is 36.4 Å². The molecule has 0 bridgehead atoms. The number of benzene rings is 4. The molecule has 11 heteroatoms. The minimum atomic E-state index is -1.63. The zero-order chi connectivity index (χ0) is 34.4. The van der Waals surface area contributed by atoms with Gasteiger partial charge in [-0.2, -0.15) is 0 Å². The summed E-state index contributed by atoms with van der Waals surface area (Å²) >= 11 is 0. The Hall–Kier alpha value is -5.55. The second-order valence-electron chi connectivity index (χ2n) is 12.4. The smallest absolute Gasteiger partial charge is 0.302 e. The molecular formula is C36H30O11. The lowest BCUT2D eigenvalue weighted by Gasteiger charge is -2.41. The lowest BCUT2D eigenvalue weighted by atomic mass is 9.69. The van der Waals surface area contributed by atoms with Gasteiger partial charge in [-0.15, -0.1) is 0 Å². The third-order valence-electron chi connectivity index (χ3n) is 9.16. The molecule has 5 N–H and O–H groups in total. The fraction of sp³-hybridized carbons (Fsp3) is 0.250. The molecule has 2 aliphatic carbocycles. The summed E-state index contributed by atoms with van der Waals surface area (Å²) in [6.45, 7) is 6.97. The standard InChI is InChI=1S/C36H30O11/c1-13-10-22(39)28-29(24(13)14(2)37)33(43)20-9-8-19(32(42)27(20)35(28)45)18-7-6-17-11-21-26(34(44)25(17)31(18)41)23(40)12-36(5,46)30(21)15(3)47-16(4)38/h6-11,15,30,39,41-42,44,46H,12H2,1-5H3/t15?,30-,36+/m0/s1. The van der Waals surface area contributed by atoms with Crippen molar-refractivity contribution in [2.45, 2.75) is 58.7 Å². The third-order valence-corrected chi connectivity index (χ3v) is 9.16. The van der Waals surface area contributed by atoms with Crippen molar-refractivity contribution in [1.82, 2.24) is 0 Å². The van der Waals surface area contributed by atoms with E-state index in [9.17, 15) is 49.5 Å². The van der Waals surface area contributed by atoms with Gasteiger partial charge in [-0.1, -0.05) is 6.07 Å². The predicted octanol–water partition coefficient (Wildman–Crippen LogP) is 4.99. The number of phenolic OH excluding ortho intramolecular Hbond substituents is 4. The molecule has 0 fully saturated rings. The summed E-state index contributed by atoms with van der Waals surface area (Å²) in [6.07, 6.45) is -1.29. The van der Waals surface area contributed by atoms with Crippen molar-refractivity contribution in [2.75, 3.05) is 0 Å². The van der Waals surface area contributed by atoms with Gasteiger partial charge < -0.3 is 30.3 Å². The minimum Gasteiger partial charge on any atom is -0.507 e. The van der Waals surface area contributed by atoms with E-state index >= 15 is 0 Å². The molecule has 1 unspecified atom stereocenters. The summed E-state index contributed by atoms with van der Waals surface area (Å²) in [6, 6.07) is 8.15. The molecule has 0 spiro atoms. The van der Waals surface area contributed by atoms with Crippen LogP contribution in [0.1, 0.15) is 104 Å². The number of aliphatic hydroxyl groups is 1. The number of ether oxygens (including phenoxy) is 1. The number of hydrogen-bond acceptors (Lipinski definition) is 11. The van der Waals surface area contributed by atoms with Crippen molar-refractivity contribution in [2.24, 2.45) is 0 Å². The Morgan fingerprint density at radius 2 is 1.45 bits per heavy atom. The molecule has 6 rings (SSSR count). The van der Waals surface area contributed by atoms with Gasteiger partial charge in [0.15, 0.2) is 17.3 Å².